The molecule has 1 N–H and O–H groups in total. The maximum atomic E-state index is 13.5. The van der Waals surface area contributed by atoms with Gasteiger partial charge in [0, 0.05) is 18.1 Å². The minimum atomic E-state index is -4.06. The molecule has 0 unspecified atom stereocenters. The van der Waals surface area contributed by atoms with Crippen LogP contribution < -0.4 is 9.62 Å². The van der Waals surface area contributed by atoms with Crippen molar-refractivity contribution in [3.8, 4) is 0 Å². The van der Waals surface area contributed by atoms with Crippen LogP contribution in [0.1, 0.15) is 28.8 Å². The van der Waals surface area contributed by atoms with Gasteiger partial charge in [0.05, 0.1) is 21.8 Å². The first-order valence-electron chi connectivity index (χ1n) is 11.3. The molecule has 0 saturated carbocycles. The summed E-state index contributed by atoms with van der Waals surface area (Å²) in [5.74, 6) is -0.724. The number of carbonyl (C=O) groups is 2. The Morgan fingerprint density at radius 1 is 0.943 bits per heavy atom. The molecule has 1 aliphatic heterocycles. The van der Waals surface area contributed by atoms with Crippen molar-refractivity contribution < 1.29 is 18.0 Å². The number of hydrogen-bond acceptors (Lipinski definition) is 4. The molecule has 0 radical (unpaired) electrons. The molecule has 3 aromatic rings. The Hall–Kier alpha value is -3.36. The van der Waals surface area contributed by atoms with Crippen molar-refractivity contribution in [3.63, 3.8) is 0 Å². The summed E-state index contributed by atoms with van der Waals surface area (Å²) in [5, 5.41) is 3.19. The van der Waals surface area contributed by atoms with Crippen LogP contribution >= 0.6 is 11.6 Å². The van der Waals surface area contributed by atoms with Crippen LogP contribution in [0.3, 0.4) is 0 Å². The van der Waals surface area contributed by atoms with Gasteiger partial charge in [-0.25, -0.2) is 8.42 Å². The third-order valence-corrected chi connectivity index (χ3v) is 7.88. The number of halogens is 1. The fraction of sp³-hybridized carbons (Fsp3) is 0.231. The molecule has 9 heteroatoms. The number of hydrogen-bond donors (Lipinski definition) is 1. The van der Waals surface area contributed by atoms with Crippen molar-refractivity contribution in [1.29, 1.82) is 0 Å². The number of para-hydroxylation sites is 1. The molecule has 182 valence electrons. The summed E-state index contributed by atoms with van der Waals surface area (Å²) in [4.78, 5) is 27.9. The quantitative estimate of drug-likeness (QED) is 0.497. The highest BCUT2D eigenvalue weighted by Gasteiger charge is 2.28. The van der Waals surface area contributed by atoms with E-state index in [1.807, 2.05) is 6.92 Å². The number of carbonyl (C=O) groups excluding carboxylic acids is 2. The standard InChI is InChI=1S/C26H26ClN3O4S/c1-19-8-14-22(15-9-19)35(33,34)30(21-12-10-20(27)11-13-21)18-25(31)28-24-7-3-2-6-23(24)26(32)29-16-4-5-17-29/h2-3,6-15H,4-5,16-18H2,1H3,(H,28,31). The predicted octanol–water partition coefficient (Wildman–Crippen LogP) is 4.72. The average molecular weight is 512 g/mol. The number of sulfonamides is 1. The molecule has 2 amide bonds. The van der Waals surface area contributed by atoms with Gasteiger partial charge in [-0.1, -0.05) is 41.4 Å². The van der Waals surface area contributed by atoms with Crippen molar-refractivity contribution in [2.45, 2.75) is 24.7 Å². The van der Waals surface area contributed by atoms with E-state index in [1.54, 1.807) is 65.6 Å². The van der Waals surface area contributed by atoms with E-state index in [-0.39, 0.29) is 10.8 Å². The van der Waals surface area contributed by atoms with Crippen molar-refractivity contribution in [2.75, 3.05) is 29.3 Å². The van der Waals surface area contributed by atoms with Gasteiger partial charge in [-0.15, -0.1) is 0 Å². The third-order valence-electron chi connectivity index (χ3n) is 5.84. The first-order chi connectivity index (χ1) is 16.8. The summed E-state index contributed by atoms with van der Waals surface area (Å²) in [7, 11) is -4.06. The Morgan fingerprint density at radius 2 is 1.57 bits per heavy atom. The minimum Gasteiger partial charge on any atom is -0.339 e. The molecule has 4 rings (SSSR count). The van der Waals surface area contributed by atoms with Gasteiger partial charge in [0.1, 0.15) is 6.54 Å². The SMILES string of the molecule is Cc1ccc(S(=O)(=O)N(CC(=O)Nc2ccccc2C(=O)N2CCCC2)c2ccc(Cl)cc2)cc1. The molecule has 7 nitrogen and oxygen atoms in total. The number of amides is 2. The Bertz CT molecular complexity index is 1320. The van der Waals surface area contributed by atoms with Crippen LogP contribution in [0.15, 0.2) is 77.7 Å². The number of benzene rings is 3. The molecule has 0 bridgehead atoms. The monoisotopic (exact) mass is 511 g/mol. The third kappa shape index (κ3) is 5.66. The van der Waals surface area contributed by atoms with Crippen LogP contribution in [0.5, 0.6) is 0 Å². The summed E-state index contributed by atoms with van der Waals surface area (Å²) < 4.78 is 28.1. The molecule has 1 fully saturated rings. The molecule has 35 heavy (non-hydrogen) atoms. The van der Waals surface area contributed by atoms with Gasteiger partial charge < -0.3 is 10.2 Å². The predicted molar refractivity (Wildman–Crippen MR) is 137 cm³/mol. The van der Waals surface area contributed by atoms with E-state index in [0.717, 1.165) is 22.7 Å². The number of nitrogens with zero attached hydrogens (tertiary/aromatic N) is 2. The maximum absolute atomic E-state index is 13.5. The van der Waals surface area contributed by atoms with Gasteiger partial charge in [-0.2, -0.15) is 0 Å². The van der Waals surface area contributed by atoms with Crippen molar-refractivity contribution >= 4 is 44.8 Å². The van der Waals surface area contributed by atoms with E-state index in [1.165, 1.54) is 12.1 Å². The van der Waals surface area contributed by atoms with Crippen LogP contribution in [-0.4, -0.2) is 44.8 Å². The smallest absolute Gasteiger partial charge is 0.264 e. The molecule has 1 saturated heterocycles. The number of nitrogens with one attached hydrogen (secondary N) is 1. The Balaban J connectivity index is 1.62. The molecule has 0 spiro atoms. The topological polar surface area (TPSA) is 86.8 Å². The van der Waals surface area contributed by atoms with E-state index >= 15 is 0 Å². The normalized spacial score (nSPS) is 13.5. The lowest BCUT2D eigenvalue weighted by molar-refractivity contribution is -0.114. The first-order valence-corrected chi connectivity index (χ1v) is 13.1. The molecule has 1 heterocycles. The minimum absolute atomic E-state index is 0.0652. The zero-order valence-corrected chi connectivity index (χ0v) is 20.8. The van der Waals surface area contributed by atoms with Crippen LogP contribution in [0, 0.1) is 6.92 Å². The summed E-state index contributed by atoms with van der Waals surface area (Å²) in [5.41, 5.74) is 1.94. The second-order valence-corrected chi connectivity index (χ2v) is 10.7. The molecule has 1 aliphatic rings. The van der Waals surface area contributed by atoms with Crippen LogP contribution in [0.4, 0.5) is 11.4 Å². The largest absolute Gasteiger partial charge is 0.339 e. The van der Waals surface area contributed by atoms with Crippen LogP contribution in [-0.2, 0) is 14.8 Å². The maximum Gasteiger partial charge on any atom is 0.264 e. The summed E-state index contributed by atoms with van der Waals surface area (Å²) in [6.45, 7) is 2.74. The molecule has 0 aliphatic carbocycles. The highest BCUT2D eigenvalue weighted by atomic mass is 35.5. The number of likely N-dealkylation sites (tertiary alicyclic amines) is 1. The molecule has 3 aromatic carbocycles. The van der Waals surface area contributed by atoms with Crippen molar-refractivity contribution in [1.82, 2.24) is 4.90 Å². The molecule has 0 aromatic heterocycles. The van der Waals surface area contributed by atoms with E-state index in [2.05, 4.69) is 5.32 Å². The van der Waals surface area contributed by atoms with Crippen molar-refractivity contribution in [3.05, 3.63) is 88.9 Å². The van der Waals surface area contributed by atoms with Gasteiger partial charge >= 0.3 is 0 Å². The van der Waals surface area contributed by atoms with Crippen molar-refractivity contribution in [2.24, 2.45) is 0 Å². The van der Waals surface area contributed by atoms with E-state index in [4.69, 9.17) is 11.6 Å². The Labute approximate surface area is 210 Å². The number of aryl methyl sites for hydroxylation is 1. The Morgan fingerprint density at radius 3 is 2.23 bits per heavy atom. The number of anilines is 2. The summed E-state index contributed by atoms with van der Waals surface area (Å²) >= 11 is 6.00. The van der Waals surface area contributed by atoms with E-state index in [9.17, 15) is 18.0 Å². The fourth-order valence-corrected chi connectivity index (χ4v) is 5.50. The van der Waals surface area contributed by atoms with Gasteiger partial charge in [-0.05, 0) is 68.3 Å². The molecular formula is C26H26ClN3O4S. The van der Waals surface area contributed by atoms with E-state index < -0.39 is 22.5 Å². The van der Waals surface area contributed by atoms with E-state index in [0.29, 0.717) is 35.1 Å². The molecular weight excluding hydrogens is 486 g/mol. The second kappa shape index (κ2) is 10.5. The van der Waals surface area contributed by atoms with Gasteiger partial charge in [0.2, 0.25) is 5.91 Å². The Kier molecular flexibility index (Phi) is 7.42. The lowest BCUT2D eigenvalue weighted by atomic mass is 10.1. The lowest BCUT2D eigenvalue weighted by Gasteiger charge is -2.24. The van der Waals surface area contributed by atoms with Gasteiger partial charge in [-0.3, -0.25) is 13.9 Å². The molecule has 0 atom stereocenters. The zero-order valence-electron chi connectivity index (χ0n) is 19.3. The summed E-state index contributed by atoms with van der Waals surface area (Å²) in [6.07, 6.45) is 1.90. The van der Waals surface area contributed by atoms with Crippen LogP contribution in [0.25, 0.3) is 0 Å². The van der Waals surface area contributed by atoms with Gasteiger partial charge in [0.25, 0.3) is 15.9 Å². The fourth-order valence-electron chi connectivity index (χ4n) is 3.95. The lowest BCUT2D eigenvalue weighted by Crippen LogP contribution is -2.38. The van der Waals surface area contributed by atoms with Gasteiger partial charge in [0.15, 0.2) is 0 Å². The average Bonchev–Trinajstić information content (AvgIpc) is 3.38. The highest BCUT2D eigenvalue weighted by molar-refractivity contribution is 7.92. The first kappa shape index (κ1) is 24.8. The summed E-state index contributed by atoms with van der Waals surface area (Å²) in [6, 6.07) is 19.4. The zero-order chi connectivity index (χ0) is 25.0. The van der Waals surface area contributed by atoms with Crippen LogP contribution in [0.2, 0.25) is 5.02 Å². The second-order valence-electron chi connectivity index (χ2n) is 8.39. The number of rotatable bonds is 7. The highest BCUT2D eigenvalue weighted by Crippen LogP contribution is 2.26.